The van der Waals surface area contributed by atoms with Gasteiger partial charge in [-0.3, -0.25) is 9.78 Å². The highest BCUT2D eigenvalue weighted by Crippen LogP contribution is 2.36. The molecule has 0 saturated carbocycles. The van der Waals surface area contributed by atoms with Crippen LogP contribution >= 0.6 is 0 Å². The molecule has 3 heterocycles. The van der Waals surface area contributed by atoms with Crippen LogP contribution < -0.4 is 4.74 Å². The second-order valence-electron chi connectivity index (χ2n) is 6.26. The van der Waals surface area contributed by atoms with Gasteiger partial charge in [0.05, 0.1) is 18.4 Å². The number of pyridine rings is 1. The van der Waals surface area contributed by atoms with Gasteiger partial charge in [-0.15, -0.1) is 0 Å². The van der Waals surface area contributed by atoms with E-state index in [4.69, 9.17) is 9.47 Å². The third kappa shape index (κ3) is 4.00. The maximum Gasteiger partial charge on any atom is 0.237 e. The van der Waals surface area contributed by atoms with Crippen LogP contribution in [-0.2, 0) is 19.4 Å². The number of hydrogen-bond donors (Lipinski definition) is 0. The molecule has 0 aromatic carbocycles. The van der Waals surface area contributed by atoms with Crippen LogP contribution in [0.15, 0.2) is 24.5 Å². The summed E-state index contributed by atoms with van der Waals surface area (Å²) in [5.41, 5.74) is -0.417. The molecule has 1 aromatic rings. The topological polar surface area (TPSA) is 85.8 Å². The second-order valence-corrected chi connectivity index (χ2v) is 8.40. The van der Waals surface area contributed by atoms with Gasteiger partial charge in [0.1, 0.15) is 17.6 Å². The summed E-state index contributed by atoms with van der Waals surface area (Å²) in [6, 6.07) is 3.65. The third-order valence-corrected chi connectivity index (χ3v) is 4.94. The Kier molecular flexibility index (Phi) is 4.29. The number of ether oxygens (including phenoxy) is 2. The van der Waals surface area contributed by atoms with Crippen LogP contribution in [0.2, 0.25) is 0 Å². The molecular weight excluding hydrogens is 320 g/mol. The molecule has 3 rings (SSSR count). The number of sulfone groups is 1. The Morgan fingerprint density at radius 2 is 2.39 bits per heavy atom. The minimum atomic E-state index is -3.31. The molecule has 0 N–H and O–H groups in total. The molecule has 7 nitrogen and oxygen atoms in total. The van der Waals surface area contributed by atoms with Crippen molar-refractivity contribution in [2.75, 3.05) is 31.7 Å². The Bertz CT molecular complexity index is 678. The van der Waals surface area contributed by atoms with Crippen molar-refractivity contribution in [2.24, 2.45) is 0 Å². The van der Waals surface area contributed by atoms with E-state index >= 15 is 0 Å². The minimum absolute atomic E-state index is 0.0795. The average Bonchev–Trinajstić information content (AvgIpc) is 3.06. The Labute approximate surface area is 135 Å². The molecule has 2 fully saturated rings. The molecule has 1 spiro atoms. The fourth-order valence-electron chi connectivity index (χ4n) is 3.14. The lowest BCUT2D eigenvalue weighted by Crippen LogP contribution is -2.38. The predicted octanol–water partition coefficient (Wildman–Crippen LogP) is 0.265. The van der Waals surface area contributed by atoms with Crippen LogP contribution in [0.25, 0.3) is 0 Å². The highest BCUT2D eigenvalue weighted by Gasteiger charge is 2.47. The Hall–Kier alpha value is -1.67. The summed E-state index contributed by atoms with van der Waals surface area (Å²) in [6.07, 6.45) is 5.72. The maximum atomic E-state index is 12.0. The fraction of sp³-hybridized carbons (Fsp3) is 0.600. The van der Waals surface area contributed by atoms with Crippen LogP contribution in [0.3, 0.4) is 0 Å². The summed E-state index contributed by atoms with van der Waals surface area (Å²) in [5.74, 6) is -0.107. The molecule has 126 valence electrons. The number of nitrogens with zero attached hydrogens (tertiary/aromatic N) is 2. The third-order valence-electron chi connectivity index (χ3n) is 4.17. The van der Waals surface area contributed by atoms with E-state index in [0.717, 1.165) is 6.26 Å². The van der Waals surface area contributed by atoms with Gasteiger partial charge in [0.15, 0.2) is 9.84 Å². The van der Waals surface area contributed by atoms with Gasteiger partial charge in [-0.05, 0) is 18.6 Å². The molecule has 0 aliphatic carbocycles. The SMILES string of the molecule is CS(=O)(=O)CC(=O)N1CC[C@]2(C[C@@H](Oc3cccnc3)CO2)C1. The predicted molar refractivity (Wildman–Crippen MR) is 82.9 cm³/mol. The lowest BCUT2D eigenvalue weighted by atomic mass is 9.98. The van der Waals surface area contributed by atoms with E-state index in [-0.39, 0.29) is 12.0 Å². The first-order valence-electron chi connectivity index (χ1n) is 7.51. The van der Waals surface area contributed by atoms with Gasteiger partial charge in [0.2, 0.25) is 5.91 Å². The molecule has 2 saturated heterocycles. The number of carbonyl (C=O) groups is 1. The summed E-state index contributed by atoms with van der Waals surface area (Å²) in [4.78, 5) is 17.6. The first-order valence-corrected chi connectivity index (χ1v) is 9.57. The summed E-state index contributed by atoms with van der Waals surface area (Å²) in [7, 11) is -3.31. The van der Waals surface area contributed by atoms with Crippen LogP contribution in [0.1, 0.15) is 12.8 Å². The molecular formula is C15H20N2O5S. The van der Waals surface area contributed by atoms with E-state index in [1.165, 1.54) is 0 Å². The molecule has 2 atom stereocenters. The van der Waals surface area contributed by atoms with Gasteiger partial charge in [-0.1, -0.05) is 0 Å². The highest BCUT2D eigenvalue weighted by molar-refractivity contribution is 7.91. The van der Waals surface area contributed by atoms with E-state index in [1.807, 2.05) is 12.1 Å². The zero-order chi connectivity index (χ0) is 16.5. The molecule has 1 aromatic heterocycles. The van der Waals surface area contributed by atoms with Crippen molar-refractivity contribution in [3.8, 4) is 5.75 Å². The van der Waals surface area contributed by atoms with Gasteiger partial charge in [0, 0.05) is 32.0 Å². The van der Waals surface area contributed by atoms with Gasteiger partial charge in [-0.2, -0.15) is 0 Å². The summed E-state index contributed by atoms with van der Waals surface area (Å²) in [5, 5.41) is 0. The van der Waals surface area contributed by atoms with E-state index < -0.39 is 21.2 Å². The van der Waals surface area contributed by atoms with Gasteiger partial charge in [-0.25, -0.2) is 8.42 Å². The van der Waals surface area contributed by atoms with E-state index in [2.05, 4.69) is 4.98 Å². The molecule has 23 heavy (non-hydrogen) atoms. The smallest absolute Gasteiger partial charge is 0.237 e. The van der Waals surface area contributed by atoms with E-state index in [9.17, 15) is 13.2 Å². The highest BCUT2D eigenvalue weighted by atomic mass is 32.2. The normalized spacial score (nSPS) is 27.5. The maximum absolute atomic E-state index is 12.0. The molecule has 2 aliphatic rings. The lowest BCUT2D eigenvalue weighted by molar-refractivity contribution is -0.128. The van der Waals surface area contributed by atoms with Gasteiger partial charge < -0.3 is 14.4 Å². The summed E-state index contributed by atoms with van der Waals surface area (Å²) in [6.45, 7) is 1.41. The van der Waals surface area contributed by atoms with Crippen molar-refractivity contribution in [1.29, 1.82) is 0 Å². The average molecular weight is 340 g/mol. The molecule has 2 aliphatic heterocycles. The van der Waals surface area contributed by atoms with Gasteiger partial charge in [0.25, 0.3) is 0 Å². The summed E-state index contributed by atoms with van der Waals surface area (Å²) < 4.78 is 34.3. The monoisotopic (exact) mass is 340 g/mol. The van der Waals surface area contributed by atoms with Crippen molar-refractivity contribution < 1.29 is 22.7 Å². The number of rotatable bonds is 4. The number of aromatic nitrogens is 1. The van der Waals surface area contributed by atoms with E-state index in [0.29, 0.717) is 38.3 Å². The van der Waals surface area contributed by atoms with Crippen molar-refractivity contribution >= 4 is 15.7 Å². The molecule has 8 heteroatoms. The van der Waals surface area contributed by atoms with Crippen LogP contribution in [0.5, 0.6) is 5.75 Å². The van der Waals surface area contributed by atoms with Crippen molar-refractivity contribution in [3.05, 3.63) is 24.5 Å². The molecule has 0 radical (unpaired) electrons. The van der Waals surface area contributed by atoms with Crippen molar-refractivity contribution in [2.45, 2.75) is 24.5 Å². The Morgan fingerprint density at radius 1 is 1.57 bits per heavy atom. The fourth-order valence-corrected chi connectivity index (χ4v) is 3.78. The Balaban J connectivity index is 1.57. The van der Waals surface area contributed by atoms with Crippen LogP contribution in [-0.4, -0.2) is 67.6 Å². The molecule has 0 unspecified atom stereocenters. The zero-order valence-corrected chi connectivity index (χ0v) is 13.8. The van der Waals surface area contributed by atoms with Gasteiger partial charge >= 0.3 is 0 Å². The number of hydrogen-bond acceptors (Lipinski definition) is 6. The minimum Gasteiger partial charge on any atom is -0.486 e. The standard InChI is InChI=1S/C15H20N2O5S/c1-23(19,20)10-14(18)17-6-4-15(11-17)7-13(9-21-15)22-12-3-2-5-16-8-12/h2-3,5,8,13H,4,6-7,9-11H2,1H3/t13-,15+/m1/s1. The van der Waals surface area contributed by atoms with Crippen molar-refractivity contribution in [1.82, 2.24) is 9.88 Å². The first-order chi connectivity index (χ1) is 10.9. The first kappa shape index (κ1) is 16.2. The Morgan fingerprint density at radius 3 is 3.09 bits per heavy atom. The molecule has 1 amide bonds. The van der Waals surface area contributed by atoms with Crippen LogP contribution in [0.4, 0.5) is 0 Å². The number of carbonyl (C=O) groups excluding carboxylic acids is 1. The van der Waals surface area contributed by atoms with Crippen molar-refractivity contribution in [3.63, 3.8) is 0 Å². The number of amides is 1. The van der Waals surface area contributed by atoms with E-state index in [1.54, 1.807) is 17.3 Å². The number of likely N-dealkylation sites (tertiary alicyclic amines) is 1. The second kappa shape index (κ2) is 6.09. The zero-order valence-electron chi connectivity index (χ0n) is 13.0. The lowest BCUT2D eigenvalue weighted by Gasteiger charge is -2.23. The molecule has 0 bridgehead atoms. The van der Waals surface area contributed by atoms with Crippen LogP contribution in [0, 0.1) is 0 Å². The quantitative estimate of drug-likeness (QED) is 0.782. The largest absolute Gasteiger partial charge is 0.486 e. The summed E-state index contributed by atoms with van der Waals surface area (Å²) >= 11 is 0.